The van der Waals surface area contributed by atoms with Crippen molar-refractivity contribution in [1.82, 2.24) is 50.8 Å². The summed E-state index contributed by atoms with van der Waals surface area (Å²) in [6, 6.07) is 24.7. The van der Waals surface area contributed by atoms with Crippen LogP contribution in [0.25, 0.3) is 11.4 Å². The van der Waals surface area contributed by atoms with Gasteiger partial charge >= 0.3 is 0 Å². The number of hydrogen-bond acceptors (Lipinski definition) is 10. The van der Waals surface area contributed by atoms with Crippen LogP contribution >= 0.6 is 0 Å². The van der Waals surface area contributed by atoms with E-state index < -0.39 is 24.2 Å². The highest BCUT2D eigenvalue weighted by atomic mass is 16.2. The molecule has 4 aromatic rings. The minimum absolute atomic E-state index is 0.0590. The van der Waals surface area contributed by atoms with Gasteiger partial charge in [-0.05, 0) is 139 Å². The Morgan fingerprint density at radius 1 is 0.513 bits per heavy atom. The van der Waals surface area contributed by atoms with Crippen LogP contribution in [-0.4, -0.2) is 155 Å². The van der Waals surface area contributed by atoms with Gasteiger partial charge in [0.05, 0.1) is 34.6 Å². The molecule has 78 heavy (non-hydrogen) atoms. The molecule has 0 radical (unpaired) electrons. The first kappa shape index (κ1) is 57.6. The standard InChI is InChI=1S/C62H84N10O6/c1-43(63-3)57(73)67-55(47-23-13-7-14-24-47)61(77)71-35-17-27-51(71)41-69(37-33-45-19-9-5-10-20-45)59(75)49-29-31-53(65-39-49)54-32-30-50(40-66-54)60(76)70(38-34-46-21-11-6-12-22-46)42-52-28-18-36-72(52)62(78)56(48-25-15-8-16-26-48)68-58(74)44(2)64-4/h5-6,9-12,19-22,29-32,39-40,43-44,47-48,51-52,55-56,63-64H,7-8,13-18,23-28,33-38,41-42H2,1-4H3,(H,67,73)(H,68,74)/t43-,44?,51-,52-,55-,56-/m0/s1. The molecule has 6 amide bonds. The highest BCUT2D eigenvalue weighted by Gasteiger charge is 2.41. The summed E-state index contributed by atoms with van der Waals surface area (Å²) in [7, 11) is 3.48. The second-order valence-corrected chi connectivity index (χ2v) is 22.3. The SMILES string of the molecule is CNC(C)C(=O)N[C@H](C(=O)N1CCC[C@H]1CN(CCc1ccccc1)C(=O)c1ccc(-c2ccc(C(=O)N(CCc3ccccc3)C[C@@H]3CCCN3C(=O)[C@@H](NC(=O)[C@H](C)NC)C3CCCCC3)cn2)nc1)C1CCCCC1. The molecule has 8 rings (SSSR count). The van der Waals surface area contributed by atoms with Crippen molar-refractivity contribution in [3.05, 3.63) is 120 Å². The Kier molecular flexibility index (Phi) is 21.0. The van der Waals surface area contributed by atoms with Crippen LogP contribution in [0.1, 0.15) is 136 Å². The first-order valence-corrected chi connectivity index (χ1v) is 29.1. The van der Waals surface area contributed by atoms with Gasteiger partial charge in [-0.25, -0.2) is 0 Å². The van der Waals surface area contributed by atoms with Gasteiger partial charge in [-0.1, -0.05) is 99.2 Å². The van der Waals surface area contributed by atoms with Crippen LogP contribution < -0.4 is 21.3 Å². The molecular weight excluding hydrogens is 981 g/mol. The highest BCUT2D eigenvalue weighted by molar-refractivity contribution is 5.96. The maximum Gasteiger partial charge on any atom is 0.255 e. The summed E-state index contributed by atoms with van der Waals surface area (Å²) >= 11 is 0. The van der Waals surface area contributed by atoms with Gasteiger partial charge in [0.25, 0.3) is 11.8 Å². The summed E-state index contributed by atoms with van der Waals surface area (Å²) in [4.78, 5) is 102. The number of likely N-dealkylation sites (tertiary alicyclic amines) is 2. The number of nitrogens with zero attached hydrogens (tertiary/aromatic N) is 6. The predicted octanol–water partition coefficient (Wildman–Crippen LogP) is 6.84. The van der Waals surface area contributed by atoms with Crippen LogP contribution in [0.15, 0.2) is 97.3 Å². The number of carbonyl (C=O) groups is 6. The first-order valence-electron chi connectivity index (χ1n) is 29.1. The van der Waals surface area contributed by atoms with E-state index in [-0.39, 0.29) is 59.4 Å². The fourth-order valence-electron chi connectivity index (χ4n) is 12.1. The molecule has 2 saturated heterocycles. The van der Waals surface area contributed by atoms with E-state index in [1.54, 1.807) is 64.6 Å². The third-order valence-electron chi connectivity index (χ3n) is 17.1. The molecule has 2 aromatic heterocycles. The number of amides is 6. The van der Waals surface area contributed by atoms with Crippen molar-refractivity contribution in [3.63, 3.8) is 0 Å². The van der Waals surface area contributed by atoms with Crippen molar-refractivity contribution in [2.24, 2.45) is 11.8 Å². The van der Waals surface area contributed by atoms with Gasteiger partial charge in [-0.2, -0.15) is 0 Å². The van der Waals surface area contributed by atoms with E-state index in [0.29, 0.717) is 74.6 Å². The molecule has 4 heterocycles. The second-order valence-electron chi connectivity index (χ2n) is 22.3. The number of carbonyl (C=O) groups excluding carboxylic acids is 6. The summed E-state index contributed by atoms with van der Waals surface area (Å²) in [5.74, 6) is -0.728. The number of benzene rings is 2. The number of pyridine rings is 2. The van der Waals surface area contributed by atoms with Crippen LogP contribution in [0.4, 0.5) is 0 Å². The van der Waals surface area contributed by atoms with Crippen LogP contribution in [0.3, 0.4) is 0 Å². The van der Waals surface area contributed by atoms with Gasteiger partial charge in [-0.15, -0.1) is 0 Å². The highest BCUT2D eigenvalue weighted by Crippen LogP contribution is 2.32. The normalized spacial score (nSPS) is 19.6. The Bertz CT molecular complexity index is 2410. The average molecular weight is 1070 g/mol. The Hall–Kier alpha value is -6.52. The van der Waals surface area contributed by atoms with Gasteiger partial charge in [0.1, 0.15) is 12.1 Å². The van der Waals surface area contributed by atoms with Crippen molar-refractivity contribution < 1.29 is 28.8 Å². The quantitative estimate of drug-likeness (QED) is 0.0613. The number of aromatic nitrogens is 2. The Labute approximate surface area is 462 Å². The predicted molar refractivity (Wildman–Crippen MR) is 303 cm³/mol. The van der Waals surface area contributed by atoms with E-state index in [0.717, 1.165) is 101 Å². The smallest absolute Gasteiger partial charge is 0.255 e. The Balaban J connectivity index is 0.969. The largest absolute Gasteiger partial charge is 0.343 e. The van der Waals surface area contributed by atoms with Crippen LogP contribution in [0, 0.1) is 11.8 Å². The molecule has 2 aliphatic heterocycles. The molecule has 418 valence electrons. The van der Waals surface area contributed by atoms with Crippen molar-refractivity contribution in [2.75, 3.05) is 53.4 Å². The number of likely N-dealkylation sites (N-methyl/N-ethyl adjacent to an activating group) is 2. The lowest BCUT2D eigenvalue weighted by atomic mass is 9.83. The van der Waals surface area contributed by atoms with Gasteiger partial charge in [0.2, 0.25) is 23.6 Å². The van der Waals surface area contributed by atoms with Crippen LogP contribution in [-0.2, 0) is 32.0 Å². The molecule has 4 fully saturated rings. The zero-order valence-electron chi connectivity index (χ0n) is 46.5. The summed E-state index contributed by atoms with van der Waals surface area (Å²) in [6.07, 6.45) is 17.5. The van der Waals surface area contributed by atoms with E-state index >= 15 is 0 Å². The van der Waals surface area contributed by atoms with Gasteiger partial charge in [-0.3, -0.25) is 38.7 Å². The molecule has 16 nitrogen and oxygen atoms in total. The third-order valence-corrected chi connectivity index (χ3v) is 17.1. The van der Waals surface area contributed by atoms with Crippen molar-refractivity contribution in [3.8, 4) is 11.4 Å². The van der Waals surface area contributed by atoms with Crippen molar-refractivity contribution >= 4 is 35.4 Å². The van der Waals surface area contributed by atoms with E-state index in [1.807, 2.05) is 56.0 Å². The van der Waals surface area contributed by atoms with Crippen LogP contribution in [0.2, 0.25) is 0 Å². The van der Waals surface area contributed by atoms with E-state index in [2.05, 4.69) is 45.5 Å². The summed E-state index contributed by atoms with van der Waals surface area (Å²) in [5.41, 5.74) is 4.12. The first-order chi connectivity index (χ1) is 37.9. The lowest BCUT2D eigenvalue weighted by Crippen LogP contribution is -2.57. The summed E-state index contributed by atoms with van der Waals surface area (Å²) < 4.78 is 0. The molecule has 2 saturated carbocycles. The monoisotopic (exact) mass is 1060 g/mol. The van der Waals surface area contributed by atoms with E-state index in [1.165, 1.54) is 0 Å². The minimum atomic E-state index is -0.613. The van der Waals surface area contributed by atoms with Crippen LogP contribution in [0.5, 0.6) is 0 Å². The lowest BCUT2D eigenvalue weighted by molar-refractivity contribution is -0.139. The molecule has 1 unspecified atom stereocenters. The second kappa shape index (κ2) is 28.4. The van der Waals surface area contributed by atoms with Gasteiger partial charge in [0.15, 0.2) is 0 Å². The fourth-order valence-corrected chi connectivity index (χ4v) is 12.1. The van der Waals surface area contributed by atoms with E-state index in [9.17, 15) is 28.8 Å². The maximum absolute atomic E-state index is 14.6. The van der Waals surface area contributed by atoms with Gasteiger partial charge < -0.3 is 40.9 Å². The number of hydrogen-bond donors (Lipinski definition) is 4. The maximum atomic E-state index is 14.6. The number of nitrogens with one attached hydrogen (secondary N) is 4. The zero-order chi connectivity index (χ0) is 55.0. The Morgan fingerprint density at radius 2 is 0.897 bits per heavy atom. The lowest BCUT2D eigenvalue weighted by Gasteiger charge is -2.37. The summed E-state index contributed by atoms with van der Waals surface area (Å²) in [6.45, 7) is 6.32. The fraction of sp³-hybridized carbons (Fsp3) is 0.548. The van der Waals surface area contributed by atoms with Crippen molar-refractivity contribution in [1.29, 1.82) is 0 Å². The molecule has 4 aliphatic rings. The molecule has 16 heteroatoms. The van der Waals surface area contributed by atoms with Crippen molar-refractivity contribution in [2.45, 2.75) is 153 Å². The minimum Gasteiger partial charge on any atom is -0.343 e. The molecular formula is C62H84N10O6. The molecule has 4 N–H and O–H groups in total. The molecule has 6 atom stereocenters. The van der Waals surface area contributed by atoms with E-state index in [4.69, 9.17) is 9.97 Å². The summed E-state index contributed by atoms with van der Waals surface area (Å²) in [5, 5.41) is 12.3. The third kappa shape index (κ3) is 15.0. The molecule has 2 aromatic carbocycles. The molecule has 2 aliphatic carbocycles. The topological polar surface area (TPSA) is 189 Å². The molecule has 0 spiro atoms. The number of rotatable bonds is 23. The van der Waals surface area contributed by atoms with Gasteiger partial charge in [0, 0.05) is 63.7 Å². The Morgan fingerprint density at radius 3 is 1.24 bits per heavy atom. The average Bonchev–Trinajstić information content (AvgIpc) is 4.21. The zero-order valence-corrected chi connectivity index (χ0v) is 46.5. The molecule has 0 bridgehead atoms.